The summed E-state index contributed by atoms with van der Waals surface area (Å²) < 4.78 is 0. The van der Waals surface area contributed by atoms with Crippen LogP contribution >= 0.6 is 0 Å². The van der Waals surface area contributed by atoms with E-state index in [4.69, 9.17) is 4.98 Å². The molecule has 1 aliphatic carbocycles. The molecule has 112 valence electrons. The molecule has 1 aromatic carbocycles. The van der Waals surface area contributed by atoms with Crippen LogP contribution in [0.2, 0.25) is 0 Å². The van der Waals surface area contributed by atoms with Crippen LogP contribution in [0.1, 0.15) is 24.8 Å². The lowest BCUT2D eigenvalue weighted by atomic mass is 9.91. The maximum atomic E-state index is 9.31. The van der Waals surface area contributed by atoms with Gasteiger partial charge in [-0.25, -0.2) is 4.98 Å². The van der Waals surface area contributed by atoms with Gasteiger partial charge in [-0.05, 0) is 25.0 Å². The van der Waals surface area contributed by atoms with E-state index in [0.717, 1.165) is 24.4 Å². The van der Waals surface area contributed by atoms with Crippen molar-refractivity contribution < 1.29 is 5.11 Å². The molecule has 0 aliphatic heterocycles. The van der Waals surface area contributed by atoms with Crippen molar-refractivity contribution in [3.05, 3.63) is 35.9 Å². The van der Waals surface area contributed by atoms with Crippen molar-refractivity contribution in [2.45, 2.75) is 31.8 Å². The molecule has 21 heavy (non-hydrogen) atoms. The zero-order valence-electron chi connectivity index (χ0n) is 12.5. The van der Waals surface area contributed by atoms with Crippen LogP contribution in [0.3, 0.4) is 0 Å². The van der Waals surface area contributed by atoms with E-state index in [1.165, 1.54) is 30.2 Å². The Balaban J connectivity index is 1.90. The number of pyridine rings is 1. The Labute approximate surface area is 125 Å². The van der Waals surface area contributed by atoms with Crippen molar-refractivity contribution in [2.24, 2.45) is 0 Å². The highest BCUT2D eigenvalue weighted by atomic mass is 16.3. The Kier molecular flexibility index (Phi) is 4.36. The van der Waals surface area contributed by atoms with E-state index in [1.54, 1.807) is 0 Å². The number of fused-ring (bicyclic) bond motifs is 1. The molecule has 0 atom stereocenters. The number of aromatic nitrogens is 1. The summed E-state index contributed by atoms with van der Waals surface area (Å²) in [7, 11) is 1.92. The van der Waals surface area contributed by atoms with Crippen molar-refractivity contribution in [3.8, 4) is 0 Å². The second kappa shape index (κ2) is 6.41. The van der Waals surface area contributed by atoms with Gasteiger partial charge in [0.15, 0.2) is 0 Å². The van der Waals surface area contributed by atoms with E-state index in [-0.39, 0.29) is 6.61 Å². The number of rotatable bonds is 6. The molecule has 0 saturated heterocycles. The highest BCUT2D eigenvalue weighted by Crippen LogP contribution is 2.28. The average molecular weight is 285 g/mol. The van der Waals surface area contributed by atoms with Gasteiger partial charge in [-0.1, -0.05) is 24.6 Å². The Morgan fingerprint density at radius 3 is 2.81 bits per heavy atom. The lowest BCUT2D eigenvalue weighted by Crippen LogP contribution is -2.41. The number of aliphatic hydroxyl groups excluding tert-OH is 1. The first-order chi connectivity index (χ1) is 10.3. The van der Waals surface area contributed by atoms with Crippen molar-refractivity contribution in [2.75, 3.05) is 25.5 Å². The standard InChI is InChI=1S/C17H23N3O/c1-18-17-14(11-13-5-2-3-8-16(13)19-17)12-20(9-10-21)15-6-4-7-15/h2-3,5,8,11,15,21H,4,6-7,9-10,12H2,1H3,(H,18,19). The van der Waals surface area contributed by atoms with Gasteiger partial charge in [0.25, 0.3) is 0 Å². The molecule has 1 saturated carbocycles. The van der Waals surface area contributed by atoms with Crippen LogP contribution in [-0.4, -0.2) is 41.2 Å². The van der Waals surface area contributed by atoms with Gasteiger partial charge in [-0.15, -0.1) is 0 Å². The summed E-state index contributed by atoms with van der Waals surface area (Å²) in [4.78, 5) is 7.09. The van der Waals surface area contributed by atoms with Crippen molar-refractivity contribution in [1.29, 1.82) is 0 Å². The molecule has 4 heteroatoms. The normalized spacial score (nSPS) is 15.4. The Bertz CT molecular complexity index is 610. The summed E-state index contributed by atoms with van der Waals surface area (Å²) in [5.41, 5.74) is 2.22. The Morgan fingerprint density at radius 1 is 1.33 bits per heavy atom. The summed E-state index contributed by atoms with van der Waals surface area (Å²) in [6, 6.07) is 11.0. The Hall–Kier alpha value is -1.65. The first-order valence-electron chi connectivity index (χ1n) is 7.73. The van der Waals surface area contributed by atoms with Crippen LogP contribution < -0.4 is 5.32 Å². The monoisotopic (exact) mass is 285 g/mol. The maximum absolute atomic E-state index is 9.31. The van der Waals surface area contributed by atoms with E-state index >= 15 is 0 Å². The first kappa shape index (κ1) is 14.3. The van der Waals surface area contributed by atoms with E-state index in [0.29, 0.717) is 6.04 Å². The molecule has 1 aromatic heterocycles. The molecule has 2 aromatic rings. The van der Waals surface area contributed by atoms with Crippen molar-refractivity contribution in [1.82, 2.24) is 9.88 Å². The van der Waals surface area contributed by atoms with Gasteiger partial charge in [0.2, 0.25) is 0 Å². The highest BCUT2D eigenvalue weighted by molar-refractivity contribution is 5.81. The lowest BCUT2D eigenvalue weighted by Gasteiger charge is -2.37. The summed E-state index contributed by atoms with van der Waals surface area (Å²) in [5.74, 6) is 0.941. The third-order valence-corrected chi connectivity index (χ3v) is 4.39. The smallest absolute Gasteiger partial charge is 0.130 e. The lowest BCUT2D eigenvalue weighted by molar-refractivity contribution is 0.0947. The number of nitrogens with zero attached hydrogens (tertiary/aromatic N) is 2. The van der Waals surface area contributed by atoms with E-state index in [1.807, 2.05) is 25.2 Å². The van der Waals surface area contributed by atoms with Crippen LogP contribution in [0.5, 0.6) is 0 Å². The minimum absolute atomic E-state index is 0.215. The first-order valence-corrected chi connectivity index (χ1v) is 7.73. The Morgan fingerprint density at radius 2 is 2.14 bits per heavy atom. The molecule has 0 bridgehead atoms. The SMILES string of the molecule is CNc1nc2ccccc2cc1CN(CCO)C1CCC1. The van der Waals surface area contributed by atoms with Crippen LogP contribution in [0.15, 0.2) is 30.3 Å². The zero-order chi connectivity index (χ0) is 14.7. The molecule has 2 N–H and O–H groups in total. The molecular weight excluding hydrogens is 262 g/mol. The van der Waals surface area contributed by atoms with Gasteiger partial charge < -0.3 is 10.4 Å². The van der Waals surface area contributed by atoms with Crippen LogP contribution in [0.4, 0.5) is 5.82 Å². The molecule has 1 heterocycles. The van der Waals surface area contributed by atoms with Gasteiger partial charge in [0.1, 0.15) is 5.82 Å². The van der Waals surface area contributed by atoms with Gasteiger partial charge in [-0.2, -0.15) is 0 Å². The molecule has 0 spiro atoms. The van der Waals surface area contributed by atoms with Gasteiger partial charge in [0.05, 0.1) is 12.1 Å². The molecule has 0 unspecified atom stereocenters. The quantitative estimate of drug-likeness (QED) is 0.856. The molecular formula is C17H23N3O. The summed E-state index contributed by atoms with van der Waals surface area (Å²) >= 11 is 0. The molecule has 0 amide bonds. The van der Waals surface area contributed by atoms with Crippen LogP contribution in [0, 0.1) is 0 Å². The molecule has 3 rings (SSSR count). The van der Waals surface area contributed by atoms with Crippen molar-refractivity contribution >= 4 is 16.7 Å². The van der Waals surface area contributed by atoms with Crippen LogP contribution in [0.25, 0.3) is 10.9 Å². The predicted octanol–water partition coefficient (Wildman–Crippen LogP) is 2.62. The van der Waals surface area contributed by atoms with Gasteiger partial charge in [-0.3, -0.25) is 4.90 Å². The fourth-order valence-corrected chi connectivity index (χ4v) is 2.99. The number of anilines is 1. The minimum atomic E-state index is 0.215. The van der Waals surface area contributed by atoms with Gasteiger partial charge >= 0.3 is 0 Å². The van der Waals surface area contributed by atoms with E-state index < -0.39 is 0 Å². The fourth-order valence-electron chi connectivity index (χ4n) is 2.99. The molecule has 4 nitrogen and oxygen atoms in total. The molecule has 1 fully saturated rings. The number of nitrogens with one attached hydrogen (secondary N) is 1. The number of benzene rings is 1. The molecule has 0 radical (unpaired) electrons. The fraction of sp³-hybridized carbons (Fsp3) is 0.471. The highest BCUT2D eigenvalue weighted by Gasteiger charge is 2.25. The van der Waals surface area contributed by atoms with Gasteiger partial charge in [0, 0.05) is 37.1 Å². The number of aliphatic hydroxyl groups is 1. The largest absolute Gasteiger partial charge is 0.395 e. The third kappa shape index (κ3) is 3.01. The second-order valence-corrected chi connectivity index (χ2v) is 5.72. The number of hydrogen-bond donors (Lipinski definition) is 2. The maximum Gasteiger partial charge on any atom is 0.130 e. The topological polar surface area (TPSA) is 48.4 Å². The summed E-state index contributed by atoms with van der Waals surface area (Å²) in [5, 5.41) is 13.7. The predicted molar refractivity (Wildman–Crippen MR) is 86.4 cm³/mol. The third-order valence-electron chi connectivity index (χ3n) is 4.39. The van der Waals surface area contributed by atoms with E-state index in [2.05, 4.69) is 22.3 Å². The second-order valence-electron chi connectivity index (χ2n) is 5.72. The zero-order valence-corrected chi connectivity index (χ0v) is 12.5. The number of hydrogen-bond acceptors (Lipinski definition) is 4. The molecule has 1 aliphatic rings. The summed E-state index contributed by atoms with van der Waals surface area (Å²) in [6.45, 7) is 1.80. The summed E-state index contributed by atoms with van der Waals surface area (Å²) in [6.07, 6.45) is 3.80. The average Bonchev–Trinajstić information content (AvgIpc) is 2.45. The number of para-hydroxylation sites is 1. The minimum Gasteiger partial charge on any atom is -0.395 e. The van der Waals surface area contributed by atoms with Crippen LogP contribution in [-0.2, 0) is 6.54 Å². The van der Waals surface area contributed by atoms with E-state index in [9.17, 15) is 5.11 Å². The van der Waals surface area contributed by atoms with Crippen molar-refractivity contribution in [3.63, 3.8) is 0 Å².